The lowest BCUT2D eigenvalue weighted by atomic mass is 10.0. The van der Waals surface area contributed by atoms with Gasteiger partial charge in [-0.25, -0.2) is 4.79 Å². The van der Waals surface area contributed by atoms with E-state index in [4.69, 9.17) is 9.84 Å². The number of aliphatic carboxylic acids is 1. The highest BCUT2D eigenvalue weighted by Gasteiger charge is 2.17. The van der Waals surface area contributed by atoms with Crippen LogP contribution >= 0.6 is 0 Å². The number of aromatic nitrogens is 1. The summed E-state index contributed by atoms with van der Waals surface area (Å²) in [4.78, 5) is 14.2. The van der Waals surface area contributed by atoms with Gasteiger partial charge >= 0.3 is 5.97 Å². The molecule has 3 atom stereocenters. The van der Waals surface area contributed by atoms with Crippen LogP contribution in [-0.2, 0) is 11.2 Å². The van der Waals surface area contributed by atoms with Gasteiger partial charge in [-0.05, 0) is 56.1 Å². The molecule has 0 aliphatic heterocycles. The molecule has 0 unspecified atom stereocenters. The predicted octanol–water partition coefficient (Wildman–Crippen LogP) is 2.98. The third-order valence-corrected chi connectivity index (χ3v) is 4.98. The molecule has 0 saturated heterocycles. The van der Waals surface area contributed by atoms with Gasteiger partial charge in [-0.2, -0.15) is 0 Å². The number of aliphatic hydroxyl groups is 1. The van der Waals surface area contributed by atoms with E-state index in [9.17, 15) is 15.0 Å². The Morgan fingerprint density at radius 3 is 2.59 bits per heavy atom. The third-order valence-electron chi connectivity index (χ3n) is 4.98. The highest BCUT2D eigenvalue weighted by Crippen LogP contribution is 2.28. The maximum atomic E-state index is 11.0. The zero-order valence-corrected chi connectivity index (χ0v) is 16.4. The SMILES string of the molecule is C[C@H](NCCc1c[nH]c2c(O[C@H](C)C(=O)O)cccc12)[C@@H](O)c1ccc(O)cc1. The molecule has 0 spiro atoms. The van der Waals surface area contributed by atoms with E-state index >= 15 is 0 Å². The van der Waals surface area contributed by atoms with E-state index in [-0.39, 0.29) is 11.8 Å². The largest absolute Gasteiger partial charge is 0.508 e. The van der Waals surface area contributed by atoms with Gasteiger partial charge in [0.2, 0.25) is 0 Å². The van der Waals surface area contributed by atoms with Crippen LogP contribution in [0.1, 0.15) is 31.1 Å². The summed E-state index contributed by atoms with van der Waals surface area (Å²) in [6, 6.07) is 11.9. The Kier molecular flexibility index (Phi) is 6.41. The number of para-hydroxylation sites is 1. The zero-order valence-electron chi connectivity index (χ0n) is 16.4. The summed E-state index contributed by atoms with van der Waals surface area (Å²) in [6.45, 7) is 4.06. The number of nitrogens with one attached hydrogen (secondary N) is 2. The first kappa shape index (κ1) is 20.7. The highest BCUT2D eigenvalue weighted by atomic mass is 16.5. The van der Waals surface area contributed by atoms with Crippen molar-refractivity contribution >= 4 is 16.9 Å². The van der Waals surface area contributed by atoms with Gasteiger partial charge in [-0.15, -0.1) is 0 Å². The van der Waals surface area contributed by atoms with Crippen LogP contribution in [0.25, 0.3) is 10.9 Å². The summed E-state index contributed by atoms with van der Waals surface area (Å²) < 4.78 is 5.54. The zero-order chi connectivity index (χ0) is 21.0. The van der Waals surface area contributed by atoms with Gasteiger partial charge in [0.15, 0.2) is 6.10 Å². The Hall–Kier alpha value is -3.03. The number of aliphatic hydroxyl groups excluding tert-OH is 1. The Bertz CT molecular complexity index is 967. The van der Waals surface area contributed by atoms with Crippen molar-refractivity contribution in [1.82, 2.24) is 10.3 Å². The highest BCUT2D eigenvalue weighted by molar-refractivity contribution is 5.88. The third kappa shape index (κ3) is 4.88. The molecule has 3 aromatic rings. The molecule has 2 aromatic carbocycles. The molecule has 7 heteroatoms. The van der Waals surface area contributed by atoms with E-state index in [0.29, 0.717) is 12.3 Å². The number of aromatic hydroxyl groups is 1. The van der Waals surface area contributed by atoms with Gasteiger partial charge in [0, 0.05) is 17.6 Å². The topological polar surface area (TPSA) is 115 Å². The molecule has 0 saturated carbocycles. The van der Waals surface area contributed by atoms with Crippen LogP contribution < -0.4 is 10.1 Å². The standard InChI is InChI=1S/C22H26N2O5/c1-13(21(26)15-6-8-17(25)9-7-15)23-11-10-16-12-24-20-18(16)4-3-5-19(20)29-14(2)22(27)28/h3-9,12-14,21,23-26H,10-11H2,1-2H3,(H,27,28)/t13-,14+,21+/m0/s1. The van der Waals surface area contributed by atoms with Crippen molar-refractivity contribution in [2.45, 2.75) is 38.5 Å². The monoisotopic (exact) mass is 398 g/mol. The quantitative estimate of drug-likeness (QED) is 0.379. The minimum absolute atomic E-state index is 0.167. The van der Waals surface area contributed by atoms with Gasteiger partial charge in [0.25, 0.3) is 0 Å². The second-order valence-electron chi connectivity index (χ2n) is 7.12. The number of carboxylic acid groups (broad SMARTS) is 1. The lowest BCUT2D eigenvalue weighted by Crippen LogP contribution is -2.33. The van der Waals surface area contributed by atoms with Crippen molar-refractivity contribution in [2.24, 2.45) is 0 Å². The number of fused-ring (bicyclic) bond motifs is 1. The van der Waals surface area contributed by atoms with Crippen LogP contribution in [0.3, 0.4) is 0 Å². The molecule has 5 N–H and O–H groups in total. The summed E-state index contributed by atoms with van der Waals surface area (Å²) in [5, 5.41) is 33.2. The molecule has 0 radical (unpaired) electrons. The molecule has 0 aliphatic rings. The number of hydrogen-bond acceptors (Lipinski definition) is 5. The van der Waals surface area contributed by atoms with Gasteiger partial charge in [0.05, 0.1) is 11.6 Å². The predicted molar refractivity (Wildman–Crippen MR) is 110 cm³/mol. The molecule has 1 heterocycles. The summed E-state index contributed by atoms with van der Waals surface area (Å²) in [6.07, 6.45) is 1.00. The van der Waals surface area contributed by atoms with E-state index in [1.165, 1.54) is 6.92 Å². The van der Waals surface area contributed by atoms with Crippen molar-refractivity contribution < 1.29 is 24.9 Å². The smallest absolute Gasteiger partial charge is 0.344 e. The van der Waals surface area contributed by atoms with E-state index in [1.54, 1.807) is 30.3 Å². The number of ether oxygens (including phenoxy) is 1. The lowest BCUT2D eigenvalue weighted by molar-refractivity contribution is -0.144. The molecule has 3 rings (SSSR count). The first-order valence-electron chi connectivity index (χ1n) is 9.55. The molecule has 0 bridgehead atoms. The maximum Gasteiger partial charge on any atom is 0.344 e. The van der Waals surface area contributed by atoms with E-state index in [2.05, 4.69) is 10.3 Å². The van der Waals surface area contributed by atoms with Gasteiger partial charge in [-0.3, -0.25) is 0 Å². The minimum atomic E-state index is -1.01. The number of aromatic amines is 1. The molecule has 1 aromatic heterocycles. The van der Waals surface area contributed by atoms with Gasteiger partial charge < -0.3 is 30.4 Å². The number of H-pyrrole nitrogens is 1. The van der Waals surface area contributed by atoms with Crippen LogP contribution in [0, 0.1) is 0 Å². The Morgan fingerprint density at radius 1 is 1.17 bits per heavy atom. The molecule has 0 amide bonds. The molecule has 0 aliphatic carbocycles. The van der Waals surface area contributed by atoms with Crippen molar-refractivity contribution in [3.63, 3.8) is 0 Å². The minimum Gasteiger partial charge on any atom is -0.508 e. The van der Waals surface area contributed by atoms with Crippen LogP contribution in [0.2, 0.25) is 0 Å². The normalized spacial score (nSPS) is 14.4. The average Bonchev–Trinajstić information content (AvgIpc) is 3.12. The van der Waals surface area contributed by atoms with E-state index < -0.39 is 18.2 Å². The van der Waals surface area contributed by atoms with Crippen molar-refractivity contribution in [1.29, 1.82) is 0 Å². The summed E-state index contributed by atoms with van der Waals surface area (Å²) >= 11 is 0. The number of carbonyl (C=O) groups is 1. The van der Waals surface area contributed by atoms with Crippen molar-refractivity contribution in [3.8, 4) is 11.5 Å². The lowest BCUT2D eigenvalue weighted by Gasteiger charge is -2.20. The number of rotatable bonds is 9. The van der Waals surface area contributed by atoms with Gasteiger partial charge in [0.1, 0.15) is 11.5 Å². The molecule has 29 heavy (non-hydrogen) atoms. The fraction of sp³-hybridized carbons (Fsp3) is 0.318. The second-order valence-corrected chi connectivity index (χ2v) is 7.12. The van der Waals surface area contributed by atoms with Crippen molar-refractivity contribution in [2.75, 3.05) is 6.54 Å². The molecular formula is C22H26N2O5. The van der Waals surface area contributed by atoms with Crippen LogP contribution in [0.4, 0.5) is 0 Å². The summed E-state index contributed by atoms with van der Waals surface area (Å²) in [5.74, 6) is -0.339. The number of benzene rings is 2. The Balaban J connectivity index is 1.62. The first-order chi connectivity index (χ1) is 13.9. The number of hydrogen-bond donors (Lipinski definition) is 5. The van der Waals surface area contributed by atoms with Crippen LogP contribution in [0.15, 0.2) is 48.7 Å². The van der Waals surface area contributed by atoms with Crippen LogP contribution in [-0.4, -0.2) is 45.0 Å². The van der Waals surface area contributed by atoms with E-state index in [0.717, 1.165) is 28.5 Å². The Morgan fingerprint density at radius 2 is 1.90 bits per heavy atom. The summed E-state index contributed by atoms with van der Waals surface area (Å²) in [7, 11) is 0. The maximum absolute atomic E-state index is 11.0. The fourth-order valence-corrected chi connectivity index (χ4v) is 3.24. The fourth-order valence-electron chi connectivity index (χ4n) is 3.24. The molecule has 0 fully saturated rings. The number of phenolic OH excluding ortho intramolecular Hbond substituents is 1. The molecular weight excluding hydrogens is 372 g/mol. The second kappa shape index (κ2) is 8.98. The Labute approximate surface area is 169 Å². The molecule has 7 nitrogen and oxygen atoms in total. The summed E-state index contributed by atoms with van der Waals surface area (Å²) in [5.41, 5.74) is 2.59. The first-order valence-corrected chi connectivity index (χ1v) is 9.55. The molecule has 154 valence electrons. The van der Waals surface area contributed by atoms with Gasteiger partial charge in [-0.1, -0.05) is 24.3 Å². The van der Waals surface area contributed by atoms with Crippen LogP contribution in [0.5, 0.6) is 11.5 Å². The van der Waals surface area contributed by atoms with Crippen molar-refractivity contribution in [3.05, 3.63) is 59.8 Å². The number of phenols is 1. The average molecular weight is 398 g/mol. The van der Waals surface area contributed by atoms with E-state index in [1.807, 2.05) is 25.3 Å². The number of carboxylic acids is 1.